The van der Waals surface area contributed by atoms with Crippen LogP contribution in [0.5, 0.6) is 0 Å². The molecule has 4 rings (SSSR count). The van der Waals surface area contributed by atoms with Gasteiger partial charge in [-0.25, -0.2) is 5.43 Å². The highest BCUT2D eigenvalue weighted by Crippen LogP contribution is 2.26. The fraction of sp³-hybridized carbons (Fsp3) is 0.0500. The van der Waals surface area contributed by atoms with E-state index >= 15 is 0 Å². The number of nitrogens with one attached hydrogen (secondary N) is 1. The average molecular weight is 376 g/mol. The molecule has 1 aromatic carbocycles. The van der Waals surface area contributed by atoms with Crippen LogP contribution in [0.15, 0.2) is 82.0 Å². The molecule has 0 saturated heterocycles. The van der Waals surface area contributed by atoms with E-state index in [1.165, 1.54) is 6.26 Å². The van der Waals surface area contributed by atoms with Gasteiger partial charge in [-0.3, -0.25) is 9.48 Å². The van der Waals surface area contributed by atoms with Gasteiger partial charge in [0.15, 0.2) is 5.76 Å². The third kappa shape index (κ3) is 4.04. The molecule has 3 aromatic heterocycles. The molecule has 27 heavy (non-hydrogen) atoms. The van der Waals surface area contributed by atoms with Crippen molar-refractivity contribution in [2.24, 2.45) is 5.10 Å². The van der Waals surface area contributed by atoms with Gasteiger partial charge in [0.1, 0.15) is 5.69 Å². The second-order valence-corrected chi connectivity index (χ2v) is 6.72. The number of hydrogen-bond acceptors (Lipinski definition) is 5. The van der Waals surface area contributed by atoms with Gasteiger partial charge < -0.3 is 4.42 Å². The van der Waals surface area contributed by atoms with Crippen LogP contribution in [0.4, 0.5) is 0 Å². The Bertz CT molecular complexity index is 1040. The molecule has 3 heterocycles. The number of furan rings is 1. The van der Waals surface area contributed by atoms with Gasteiger partial charge in [0.2, 0.25) is 0 Å². The third-order valence-electron chi connectivity index (χ3n) is 3.85. The van der Waals surface area contributed by atoms with E-state index in [0.29, 0.717) is 6.54 Å². The van der Waals surface area contributed by atoms with Crippen LogP contribution in [-0.4, -0.2) is 21.9 Å². The zero-order valence-corrected chi connectivity index (χ0v) is 15.1. The molecule has 0 aliphatic heterocycles. The van der Waals surface area contributed by atoms with Crippen LogP contribution >= 0.6 is 11.3 Å². The Balaban J connectivity index is 1.56. The number of carbonyl (C=O) groups is 1. The number of hydrogen-bond donors (Lipinski definition) is 1. The van der Waals surface area contributed by atoms with Gasteiger partial charge in [-0.2, -0.15) is 10.2 Å². The first-order valence-electron chi connectivity index (χ1n) is 8.32. The summed E-state index contributed by atoms with van der Waals surface area (Å²) in [6.45, 7) is 0.659. The molecular weight excluding hydrogens is 360 g/mol. The van der Waals surface area contributed by atoms with Crippen molar-refractivity contribution in [2.75, 3.05) is 0 Å². The van der Waals surface area contributed by atoms with E-state index < -0.39 is 5.91 Å². The van der Waals surface area contributed by atoms with Crippen LogP contribution in [0.25, 0.3) is 10.6 Å². The third-order valence-corrected chi connectivity index (χ3v) is 4.72. The molecule has 7 heteroatoms. The van der Waals surface area contributed by atoms with E-state index in [9.17, 15) is 4.79 Å². The Morgan fingerprint density at radius 3 is 2.81 bits per heavy atom. The first kappa shape index (κ1) is 17.0. The molecule has 0 unspecified atom stereocenters. The lowest BCUT2D eigenvalue weighted by Crippen LogP contribution is -2.16. The SMILES string of the molecule is O=C(N/N=C\c1cn(Cc2ccccc2)nc1-c1cccs1)c1ccco1. The van der Waals surface area contributed by atoms with Crippen LogP contribution in [0.1, 0.15) is 21.7 Å². The summed E-state index contributed by atoms with van der Waals surface area (Å²) >= 11 is 1.61. The van der Waals surface area contributed by atoms with Crippen molar-refractivity contribution >= 4 is 23.5 Å². The summed E-state index contributed by atoms with van der Waals surface area (Å²) in [5.74, 6) is -0.184. The molecular formula is C20H16N4O2S. The van der Waals surface area contributed by atoms with Crippen molar-refractivity contribution in [3.63, 3.8) is 0 Å². The predicted molar refractivity (Wildman–Crippen MR) is 105 cm³/mol. The normalized spacial score (nSPS) is 11.1. The van der Waals surface area contributed by atoms with Gasteiger partial charge in [0.25, 0.3) is 0 Å². The Morgan fingerprint density at radius 2 is 2.07 bits per heavy atom. The minimum absolute atomic E-state index is 0.213. The Morgan fingerprint density at radius 1 is 1.19 bits per heavy atom. The summed E-state index contributed by atoms with van der Waals surface area (Å²) in [7, 11) is 0. The monoisotopic (exact) mass is 376 g/mol. The van der Waals surface area contributed by atoms with E-state index in [-0.39, 0.29) is 5.76 Å². The largest absolute Gasteiger partial charge is 0.459 e. The van der Waals surface area contributed by atoms with Gasteiger partial charge in [-0.1, -0.05) is 36.4 Å². The maximum atomic E-state index is 11.9. The average Bonchev–Trinajstić information content (AvgIpc) is 3.44. The molecule has 0 saturated carbocycles. The maximum Gasteiger partial charge on any atom is 0.307 e. The number of carbonyl (C=O) groups excluding carboxylic acids is 1. The molecule has 0 radical (unpaired) electrons. The Hall–Kier alpha value is -3.45. The maximum absolute atomic E-state index is 11.9. The van der Waals surface area contributed by atoms with E-state index in [4.69, 9.17) is 9.52 Å². The molecule has 1 N–H and O–H groups in total. The number of rotatable bonds is 6. The molecule has 0 bridgehead atoms. The Labute approximate surface area is 159 Å². The minimum atomic E-state index is -0.398. The van der Waals surface area contributed by atoms with Gasteiger partial charge in [0.05, 0.1) is 23.9 Å². The first-order chi connectivity index (χ1) is 13.3. The standard InChI is InChI=1S/C20H16N4O2S/c25-20(17-8-4-10-26-17)22-21-12-16-14-24(13-15-6-2-1-3-7-15)23-19(16)18-9-5-11-27-18/h1-12,14H,13H2,(H,22,25)/b21-12-. The number of thiophene rings is 1. The summed E-state index contributed by atoms with van der Waals surface area (Å²) in [4.78, 5) is 13.0. The second kappa shape index (κ2) is 7.84. The van der Waals surface area contributed by atoms with Gasteiger partial charge in [0, 0.05) is 11.8 Å². The van der Waals surface area contributed by atoms with E-state index in [1.54, 1.807) is 29.7 Å². The fourth-order valence-electron chi connectivity index (χ4n) is 2.61. The van der Waals surface area contributed by atoms with Crippen molar-refractivity contribution in [1.29, 1.82) is 0 Å². The second-order valence-electron chi connectivity index (χ2n) is 5.77. The van der Waals surface area contributed by atoms with Gasteiger partial charge in [-0.05, 0) is 29.1 Å². The predicted octanol–water partition coefficient (Wildman–Crippen LogP) is 4.02. The molecule has 4 aromatic rings. The van der Waals surface area contributed by atoms with Crippen LogP contribution in [0, 0.1) is 0 Å². The molecule has 0 spiro atoms. The number of benzene rings is 1. The number of nitrogens with zero attached hydrogens (tertiary/aromatic N) is 3. The van der Waals surface area contributed by atoms with E-state index in [1.807, 2.05) is 46.6 Å². The molecule has 1 amide bonds. The molecule has 6 nitrogen and oxygen atoms in total. The van der Waals surface area contributed by atoms with Crippen LogP contribution in [0.2, 0.25) is 0 Å². The van der Waals surface area contributed by atoms with E-state index in [0.717, 1.165) is 21.7 Å². The summed E-state index contributed by atoms with van der Waals surface area (Å²) < 4.78 is 6.93. The van der Waals surface area contributed by atoms with Gasteiger partial charge >= 0.3 is 5.91 Å². The molecule has 0 aliphatic rings. The number of aromatic nitrogens is 2. The van der Waals surface area contributed by atoms with Crippen LogP contribution in [-0.2, 0) is 6.54 Å². The summed E-state index contributed by atoms with van der Waals surface area (Å²) in [5.41, 5.74) is 5.29. The lowest BCUT2D eigenvalue weighted by atomic mass is 10.2. The number of hydrazone groups is 1. The highest BCUT2D eigenvalue weighted by atomic mass is 32.1. The van der Waals surface area contributed by atoms with Crippen molar-refractivity contribution in [2.45, 2.75) is 6.54 Å². The molecule has 0 fully saturated rings. The van der Waals surface area contributed by atoms with Crippen molar-refractivity contribution < 1.29 is 9.21 Å². The zero-order valence-electron chi connectivity index (χ0n) is 14.3. The Kier molecular flexibility index (Phi) is 4.93. The molecule has 0 atom stereocenters. The lowest BCUT2D eigenvalue weighted by molar-refractivity contribution is 0.0927. The van der Waals surface area contributed by atoms with Crippen molar-refractivity contribution in [1.82, 2.24) is 15.2 Å². The summed E-state index contributed by atoms with van der Waals surface area (Å²) in [6.07, 6.45) is 4.97. The minimum Gasteiger partial charge on any atom is -0.459 e. The van der Waals surface area contributed by atoms with Crippen LogP contribution in [0.3, 0.4) is 0 Å². The molecule has 134 valence electrons. The fourth-order valence-corrected chi connectivity index (χ4v) is 3.34. The van der Waals surface area contributed by atoms with Crippen molar-refractivity contribution in [3.8, 4) is 10.6 Å². The van der Waals surface area contributed by atoms with Gasteiger partial charge in [-0.15, -0.1) is 11.3 Å². The lowest BCUT2D eigenvalue weighted by Gasteiger charge is -2.00. The summed E-state index contributed by atoms with van der Waals surface area (Å²) in [5, 5.41) is 10.8. The molecule has 0 aliphatic carbocycles. The van der Waals surface area contributed by atoms with Crippen LogP contribution < -0.4 is 5.43 Å². The highest BCUT2D eigenvalue weighted by Gasteiger charge is 2.12. The summed E-state index contributed by atoms with van der Waals surface area (Å²) in [6, 6.07) is 17.4. The zero-order chi connectivity index (χ0) is 18.5. The van der Waals surface area contributed by atoms with E-state index in [2.05, 4.69) is 22.7 Å². The quantitative estimate of drug-likeness (QED) is 0.408. The smallest absolute Gasteiger partial charge is 0.307 e. The van der Waals surface area contributed by atoms with Crippen molar-refractivity contribution in [3.05, 3.63) is 89.3 Å². The number of amides is 1. The topological polar surface area (TPSA) is 72.4 Å². The first-order valence-corrected chi connectivity index (χ1v) is 9.20. The highest BCUT2D eigenvalue weighted by molar-refractivity contribution is 7.13.